The van der Waals surface area contributed by atoms with Crippen molar-refractivity contribution < 1.29 is 4.79 Å². The van der Waals surface area contributed by atoms with Crippen LogP contribution in [-0.2, 0) is 6.54 Å². The summed E-state index contributed by atoms with van der Waals surface area (Å²) in [5.41, 5.74) is 1.12. The molecule has 4 heteroatoms. The number of rotatable bonds is 5. The summed E-state index contributed by atoms with van der Waals surface area (Å²) in [6, 6.07) is 10.2. The molecule has 0 saturated carbocycles. The van der Waals surface area contributed by atoms with Crippen molar-refractivity contribution in [3.05, 3.63) is 35.9 Å². The number of urea groups is 1. The Hall–Kier alpha value is -1.16. The van der Waals surface area contributed by atoms with Crippen molar-refractivity contribution in [3.63, 3.8) is 0 Å². The van der Waals surface area contributed by atoms with Gasteiger partial charge in [0.1, 0.15) is 0 Å². The van der Waals surface area contributed by atoms with Crippen molar-refractivity contribution in [2.75, 3.05) is 19.1 Å². The number of hydrogen-bond acceptors (Lipinski definition) is 2. The van der Waals surface area contributed by atoms with E-state index in [1.165, 1.54) is 0 Å². The zero-order chi connectivity index (χ0) is 12.7. The monoisotopic (exact) mass is 252 g/mol. The summed E-state index contributed by atoms with van der Waals surface area (Å²) in [6.45, 7) is 2.63. The minimum Gasteiger partial charge on any atom is -0.334 e. The largest absolute Gasteiger partial charge is 0.334 e. The molecule has 0 aliphatic carbocycles. The predicted molar refractivity (Wildman–Crippen MR) is 74.3 cm³/mol. The molecule has 0 bridgehead atoms. The molecule has 1 unspecified atom stereocenters. The minimum atomic E-state index is -0.0181. The highest BCUT2D eigenvalue weighted by atomic mass is 32.2. The van der Waals surface area contributed by atoms with E-state index in [1.807, 2.05) is 43.6 Å². The number of carbonyl (C=O) groups excluding carboxylic acids is 1. The minimum absolute atomic E-state index is 0.0181. The number of benzene rings is 1. The van der Waals surface area contributed by atoms with E-state index in [0.717, 1.165) is 11.3 Å². The summed E-state index contributed by atoms with van der Waals surface area (Å²) in [4.78, 5) is 13.6. The quantitative estimate of drug-likeness (QED) is 0.873. The Morgan fingerprint density at radius 2 is 2.06 bits per heavy atom. The highest BCUT2D eigenvalue weighted by molar-refractivity contribution is 7.98. The molecule has 0 fully saturated rings. The molecule has 0 saturated heterocycles. The van der Waals surface area contributed by atoms with Crippen molar-refractivity contribution in [2.45, 2.75) is 19.5 Å². The molecule has 0 heterocycles. The number of thioether (sulfide) groups is 1. The van der Waals surface area contributed by atoms with Gasteiger partial charge in [0.2, 0.25) is 0 Å². The lowest BCUT2D eigenvalue weighted by Crippen LogP contribution is -2.43. The molecule has 0 radical (unpaired) electrons. The third-order valence-corrected chi connectivity index (χ3v) is 3.49. The second kappa shape index (κ2) is 7.22. The van der Waals surface area contributed by atoms with E-state index in [1.54, 1.807) is 16.7 Å². The second-order valence-electron chi connectivity index (χ2n) is 4.06. The van der Waals surface area contributed by atoms with Gasteiger partial charge in [-0.2, -0.15) is 11.8 Å². The van der Waals surface area contributed by atoms with Crippen LogP contribution in [0.2, 0.25) is 0 Å². The van der Waals surface area contributed by atoms with Crippen molar-refractivity contribution in [3.8, 4) is 0 Å². The van der Waals surface area contributed by atoms with Gasteiger partial charge < -0.3 is 10.2 Å². The average molecular weight is 252 g/mol. The van der Waals surface area contributed by atoms with Crippen LogP contribution in [0.4, 0.5) is 4.79 Å². The van der Waals surface area contributed by atoms with Crippen LogP contribution < -0.4 is 5.32 Å². The summed E-state index contributed by atoms with van der Waals surface area (Å²) in [5, 5.41) is 2.92. The Labute approximate surface area is 108 Å². The SMILES string of the molecule is CSCC(C)N(C)C(=O)NCc1ccccc1. The third kappa shape index (κ3) is 4.69. The van der Waals surface area contributed by atoms with Crippen molar-refractivity contribution >= 4 is 17.8 Å². The zero-order valence-electron chi connectivity index (χ0n) is 10.6. The maximum atomic E-state index is 11.8. The van der Waals surface area contributed by atoms with E-state index in [9.17, 15) is 4.79 Å². The molecule has 3 nitrogen and oxygen atoms in total. The second-order valence-corrected chi connectivity index (χ2v) is 4.97. The van der Waals surface area contributed by atoms with Crippen LogP contribution in [0.5, 0.6) is 0 Å². The fourth-order valence-electron chi connectivity index (χ4n) is 1.45. The molecule has 2 amide bonds. The van der Waals surface area contributed by atoms with Gasteiger partial charge >= 0.3 is 6.03 Å². The van der Waals surface area contributed by atoms with Gasteiger partial charge in [0.05, 0.1) is 0 Å². The molecule has 0 aliphatic rings. The maximum absolute atomic E-state index is 11.8. The Balaban J connectivity index is 2.39. The summed E-state index contributed by atoms with van der Waals surface area (Å²) < 4.78 is 0. The van der Waals surface area contributed by atoms with Gasteiger partial charge in [-0.3, -0.25) is 0 Å². The summed E-state index contributed by atoms with van der Waals surface area (Å²) in [7, 11) is 1.83. The molecular formula is C13H20N2OS. The molecule has 94 valence electrons. The number of nitrogens with one attached hydrogen (secondary N) is 1. The first-order chi connectivity index (χ1) is 8.15. The van der Waals surface area contributed by atoms with Crippen molar-refractivity contribution in [1.29, 1.82) is 0 Å². The lowest BCUT2D eigenvalue weighted by Gasteiger charge is -2.24. The van der Waals surface area contributed by atoms with E-state index in [4.69, 9.17) is 0 Å². The van der Waals surface area contributed by atoms with Gasteiger partial charge in [-0.25, -0.2) is 4.79 Å². The fraction of sp³-hybridized carbons (Fsp3) is 0.462. The van der Waals surface area contributed by atoms with E-state index in [0.29, 0.717) is 6.54 Å². The van der Waals surface area contributed by atoms with Gasteiger partial charge in [0.15, 0.2) is 0 Å². The Morgan fingerprint density at radius 1 is 1.41 bits per heavy atom. The summed E-state index contributed by atoms with van der Waals surface area (Å²) >= 11 is 1.75. The normalized spacial score (nSPS) is 11.9. The molecule has 1 aromatic carbocycles. The number of nitrogens with zero attached hydrogens (tertiary/aromatic N) is 1. The summed E-state index contributed by atoms with van der Waals surface area (Å²) in [5.74, 6) is 0.954. The topological polar surface area (TPSA) is 32.3 Å². The zero-order valence-corrected chi connectivity index (χ0v) is 11.5. The molecule has 1 aromatic rings. The number of amides is 2. The van der Waals surface area contributed by atoms with E-state index < -0.39 is 0 Å². The average Bonchev–Trinajstić information content (AvgIpc) is 2.36. The molecular weight excluding hydrogens is 232 g/mol. The lowest BCUT2D eigenvalue weighted by atomic mass is 10.2. The van der Waals surface area contributed by atoms with Gasteiger partial charge in [-0.15, -0.1) is 0 Å². The van der Waals surface area contributed by atoms with Crippen LogP contribution >= 0.6 is 11.8 Å². The third-order valence-electron chi connectivity index (χ3n) is 2.68. The lowest BCUT2D eigenvalue weighted by molar-refractivity contribution is 0.198. The fourth-order valence-corrected chi connectivity index (χ4v) is 2.16. The van der Waals surface area contributed by atoms with Gasteiger partial charge in [0.25, 0.3) is 0 Å². The van der Waals surface area contributed by atoms with Crippen LogP contribution in [0.1, 0.15) is 12.5 Å². The predicted octanol–water partition coefficient (Wildman–Crippen LogP) is 2.58. The molecule has 17 heavy (non-hydrogen) atoms. The highest BCUT2D eigenvalue weighted by Crippen LogP contribution is 2.04. The molecule has 1 N–H and O–H groups in total. The van der Waals surface area contributed by atoms with Crippen molar-refractivity contribution in [2.24, 2.45) is 0 Å². The van der Waals surface area contributed by atoms with Crippen LogP contribution in [0.25, 0.3) is 0 Å². The first-order valence-corrected chi connectivity index (χ1v) is 7.08. The summed E-state index contributed by atoms with van der Waals surface area (Å²) in [6.07, 6.45) is 2.05. The van der Waals surface area contributed by atoms with E-state index in [-0.39, 0.29) is 12.1 Å². The first kappa shape index (κ1) is 13.9. The first-order valence-electron chi connectivity index (χ1n) is 5.68. The van der Waals surface area contributed by atoms with Crippen LogP contribution in [0, 0.1) is 0 Å². The van der Waals surface area contributed by atoms with Gasteiger partial charge in [-0.05, 0) is 18.7 Å². The Bertz CT molecular complexity index is 343. The molecule has 1 atom stereocenters. The molecule has 0 aliphatic heterocycles. The maximum Gasteiger partial charge on any atom is 0.317 e. The molecule has 1 rings (SSSR count). The standard InChI is InChI=1S/C13H20N2OS/c1-11(10-17-3)15(2)13(16)14-9-12-7-5-4-6-8-12/h4-8,11H,9-10H2,1-3H3,(H,14,16). The van der Waals surface area contributed by atoms with E-state index in [2.05, 4.69) is 12.2 Å². The highest BCUT2D eigenvalue weighted by Gasteiger charge is 2.14. The number of hydrogen-bond donors (Lipinski definition) is 1. The van der Waals surface area contributed by atoms with E-state index >= 15 is 0 Å². The van der Waals surface area contributed by atoms with Crippen LogP contribution in [-0.4, -0.2) is 36.0 Å². The van der Waals surface area contributed by atoms with Crippen molar-refractivity contribution in [1.82, 2.24) is 10.2 Å². The van der Waals surface area contributed by atoms with Crippen LogP contribution in [0.3, 0.4) is 0 Å². The van der Waals surface area contributed by atoms with Gasteiger partial charge in [0, 0.05) is 25.4 Å². The Morgan fingerprint density at radius 3 is 2.65 bits per heavy atom. The number of carbonyl (C=O) groups is 1. The molecule has 0 aromatic heterocycles. The smallest absolute Gasteiger partial charge is 0.317 e. The molecule has 0 spiro atoms. The van der Waals surface area contributed by atoms with Gasteiger partial charge in [-0.1, -0.05) is 30.3 Å². The van der Waals surface area contributed by atoms with Crippen LogP contribution in [0.15, 0.2) is 30.3 Å². The Kier molecular flexibility index (Phi) is 5.91.